The number of nitrogens with two attached hydrogens (primary N) is 1. The summed E-state index contributed by atoms with van der Waals surface area (Å²) in [7, 11) is 0. The summed E-state index contributed by atoms with van der Waals surface area (Å²) in [5, 5.41) is 16.8. The van der Waals surface area contributed by atoms with Crippen molar-refractivity contribution in [1.29, 1.82) is 0 Å². The molecule has 13 heavy (non-hydrogen) atoms. The van der Waals surface area contributed by atoms with Crippen molar-refractivity contribution in [2.75, 3.05) is 6.61 Å². The lowest BCUT2D eigenvalue weighted by Gasteiger charge is -2.09. The van der Waals surface area contributed by atoms with Gasteiger partial charge in [-0.3, -0.25) is 0 Å². The van der Waals surface area contributed by atoms with Gasteiger partial charge in [0.1, 0.15) is 11.6 Å². The normalized spacial score (nSPS) is 17.4. The van der Waals surface area contributed by atoms with Gasteiger partial charge >= 0.3 is 0 Å². The third kappa shape index (κ3) is 1.45. The van der Waals surface area contributed by atoms with Gasteiger partial charge in [-0.25, -0.2) is 0 Å². The molecule has 0 amide bonds. The molecular weight excluding hydrogens is 168 g/mol. The number of hydrogen-bond acceptors (Lipinski definition) is 4. The van der Waals surface area contributed by atoms with Crippen LogP contribution >= 0.6 is 0 Å². The third-order valence-corrected chi connectivity index (χ3v) is 2.41. The highest BCUT2D eigenvalue weighted by atomic mass is 16.3. The Kier molecular flexibility index (Phi) is 2.28. The maximum absolute atomic E-state index is 8.75. The minimum atomic E-state index is -0.177. The number of aliphatic hydroxyl groups is 1. The van der Waals surface area contributed by atoms with Gasteiger partial charge in [-0.05, 0) is 12.8 Å². The van der Waals surface area contributed by atoms with Gasteiger partial charge in [-0.1, -0.05) is 0 Å². The van der Waals surface area contributed by atoms with Crippen molar-refractivity contribution in [3.8, 4) is 0 Å². The van der Waals surface area contributed by atoms with Gasteiger partial charge in [0.2, 0.25) is 0 Å². The molecule has 0 bridgehead atoms. The quantitative estimate of drug-likeness (QED) is 0.667. The van der Waals surface area contributed by atoms with Crippen molar-refractivity contribution in [3.63, 3.8) is 0 Å². The Morgan fingerprint density at radius 2 is 2.38 bits per heavy atom. The Bertz CT molecular complexity index is 296. The molecule has 1 atom stereocenters. The van der Waals surface area contributed by atoms with E-state index in [9.17, 15) is 0 Å². The number of aliphatic hydroxyl groups excluding tert-OH is 1. The second-order valence-corrected chi connectivity index (χ2v) is 3.35. The van der Waals surface area contributed by atoms with Crippen LogP contribution in [0.3, 0.4) is 0 Å². The second kappa shape index (κ2) is 3.43. The fourth-order valence-electron chi connectivity index (χ4n) is 1.72. The number of hydrogen-bond donors (Lipinski definition) is 2. The molecule has 1 aromatic heterocycles. The van der Waals surface area contributed by atoms with Gasteiger partial charge < -0.3 is 15.4 Å². The molecule has 1 aromatic rings. The summed E-state index contributed by atoms with van der Waals surface area (Å²) in [6.45, 7) is 1.07. The van der Waals surface area contributed by atoms with Gasteiger partial charge in [-0.2, -0.15) is 0 Å². The van der Waals surface area contributed by atoms with E-state index < -0.39 is 0 Å². The zero-order valence-corrected chi connectivity index (χ0v) is 7.48. The van der Waals surface area contributed by atoms with Crippen LogP contribution in [-0.4, -0.2) is 26.5 Å². The molecule has 1 aliphatic heterocycles. The highest BCUT2D eigenvalue weighted by Crippen LogP contribution is 2.19. The molecule has 2 rings (SSSR count). The monoisotopic (exact) mass is 182 g/mol. The summed E-state index contributed by atoms with van der Waals surface area (Å²) in [5.41, 5.74) is 5.84. The van der Waals surface area contributed by atoms with Crippen LogP contribution in [0.4, 0.5) is 0 Å². The maximum atomic E-state index is 8.75. The number of aromatic nitrogens is 3. The molecule has 0 aliphatic carbocycles. The average Bonchev–Trinajstić information content (AvgIpc) is 2.62. The smallest absolute Gasteiger partial charge is 0.150 e. The topological polar surface area (TPSA) is 77.0 Å². The molecular formula is C8H14N4O. The third-order valence-electron chi connectivity index (χ3n) is 2.41. The summed E-state index contributed by atoms with van der Waals surface area (Å²) in [6, 6.07) is -0.177. The van der Waals surface area contributed by atoms with Gasteiger partial charge in [0.05, 0.1) is 6.04 Å². The van der Waals surface area contributed by atoms with E-state index in [2.05, 4.69) is 14.8 Å². The van der Waals surface area contributed by atoms with Crippen LogP contribution in [-0.2, 0) is 13.0 Å². The lowest BCUT2D eigenvalue weighted by atomic mass is 10.2. The molecule has 72 valence electrons. The van der Waals surface area contributed by atoms with E-state index in [-0.39, 0.29) is 12.6 Å². The summed E-state index contributed by atoms with van der Waals surface area (Å²) >= 11 is 0. The Morgan fingerprint density at radius 1 is 1.54 bits per heavy atom. The van der Waals surface area contributed by atoms with E-state index in [0.29, 0.717) is 6.42 Å². The largest absolute Gasteiger partial charge is 0.396 e. The van der Waals surface area contributed by atoms with E-state index in [0.717, 1.165) is 31.0 Å². The SMILES string of the molecule is NC(CCO)c1nnc2n1CCC2. The number of rotatable bonds is 3. The Hall–Kier alpha value is -0.940. The van der Waals surface area contributed by atoms with E-state index >= 15 is 0 Å². The van der Waals surface area contributed by atoms with Crippen molar-refractivity contribution in [2.24, 2.45) is 5.73 Å². The minimum absolute atomic E-state index is 0.101. The lowest BCUT2D eigenvalue weighted by molar-refractivity contribution is 0.273. The van der Waals surface area contributed by atoms with E-state index in [4.69, 9.17) is 10.8 Å². The van der Waals surface area contributed by atoms with Crippen molar-refractivity contribution in [3.05, 3.63) is 11.6 Å². The van der Waals surface area contributed by atoms with E-state index in [1.54, 1.807) is 0 Å². The predicted octanol–water partition coefficient (Wildman–Crippen LogP) is -0.394. The zero-order chi connectivity index (χ0) is 9.26. The molecule has 5 nitrogen and oxygen atoms in total. The maximum Gasteiger partial charge on any atom is 0.150 e. The van der Waals surface area contributed by atoms with Crippen LogP contribution in [0.2, 0.25) is 0 Å². The molecule has 0 saturated heterocycles. The molecule has 2 heterocycles. The molecule has 0 spiro atoms. The van der Waals surface area contributed by atoms with Crippen LogP contribution in [0.25, 0.3) is 0 Å². The van der Waals surface area contributed by atoms with Crippen LogP contribution in [0.15, 0.2) is 0 Å². The molecule has 0 saturated carbocycles. The van der Waals surface area contributed by atoms with Crippen LogP contribution in [0.5, 0.6) is 0 Å². The molecule has 0 fully saturated rings. The first-order valence-electron chi connectivity index (χ1n) is 4.61. The minimum Gasteiger partial charge on any atom is -0.396 e. The van der Waals surface area contributed by atoms with Crippen molar-refractivity contribution in [1.82, 2.24) is 14.8 Å². The second-order valence-electron chi connectivity index (χ2n) is 3.35. The van der Waals surface area contributed by atoms with Crippen LogP contribution in [0, 0.1) is 0 Å². The Balaban J connectivity index is 2.20. The van der Waals surface area contributed by atoms with Crippen LogP contribution < -0.4 is 5.73 Å². The fourth-order valence-corrected chi connectivity index (χ4v) is 1.72. The number of nitrogens with zero attached hydrogens (tertiary/aromatic N) is 3. The van der Waals surface area contributed by atoms with E-state index in [1.165, 1.54) is 0 Å². The van der Waals surface area contributed by atoms with Gasteiger partial charge in [0.25, 0.3) is 0 Å². The predicted molar refractivity (Wildman–Crippen MR) is 47.0 cm³/mol. The number of aryl methyl sites for hydroxylation is 1. The van der Waals surface area contributed by atoms with Gasteiger partial charge in [0, 0.05) is 19.6 Å². The van der Waals surface area contributed by atoms with Crippen molar-refractivity contribution >= 4 is 0 Å². The molecule has 0 aromatic carbocycles. The van der Waals surface area contributed by atoms with Gasteiger partial charge in [0.15, 0.2) is 0 Å². The summed E-state index contributed by atoms with van der Waals surface area (Å²) < 4.78 is 2.07. The molecule has 0 radical (unpaired) electrons. The summed E-state index contributed by atoms with van der Waals surface area (Å²) in [4.78, 5) is 0. The molecule has 1 unspecified atom stereocenters. The van der Waals surface area contributed by atoms with Crippen LogP contribution in [0.1, 0.15) is 30.5 Å². The van der Waals surface area contributed by atoms with Crippen molar-refractivity contribution < 1.29 is 5.11 Å². The first-order valence-corrected chi connectivity index (χ1v) is 4.61. The zero-order valence-electron chi connectivity index (χ0n) is 7.48. The molecule has 5 heteroatoms. The Labute approximate surface area is 76.6 Å². The highest BCUT2D eigenvalue weighted by Gasteiger charge is 2.20. The van der Waals surface area contributed by atoms with E-state index in [1.807, 2.05) is 0 Å². The summed E-state index contributed by atoms with van der Waals surface area (Å²) in [5.74, 6) is 1.85. The molecule has 3 N–H and O–H groups in total. The first kappa shape index (κ1) is 8.65. The number of fused-ring (bicyclic) bond motifs is 1. The van der Waals surface area contributed by atoms with Gasteiger partial charge in [-0.15, -0.1) is 10.2 Å². The molecule has 1 aliphatic rings. The fraction of sp³-hybridized carbons (Fsp3) is 0.750. The average molecular weight is 182 g/mol. The summed E-state index contributed by atoms with van der Waals surface area (Å²) in [6.07, 6.45) is 2.68. The standard InChI is InChI=1S/C8H14N4O/c9-6(3-5-13)8-11-10-7-2-1-4-12(7)8/h6,13H,1-5,9H2. The Morgan fingerprint density at radius 3 is 3.15 bits per heavy atom. The first-order chi connectivity index (χ1) is 6.33. The lowest BCUT2D eigenvalue weighted by Crippen LogP contribution is -2.17. The highest BCUT2D eigenvalue weighted by molar-refractivity contribution is 5.04. The van der Waals surface area contributed by atoms with Crippen molar-refractivity contribution in [2.45, 2.75) is 31.8 Å².